The largest absolute Gasteiger partial charge is 0.489 e. The van der Waals surface area contributed by atoms with Crippen molar-refractivity contribution in [3.63, 3.8) is 0 Å². The van der Waals surface area contributed by atoms with E-state index in [0.717, 1.165) is 10.5 Å². The van der Waals surface area contributed by atoms with E-state index < -0.39 is 0 Å². The van der Waals surface area contributed by atoms with Crippen molar-refractivity contribution in [3.8, 4) is 5.75 Å². The molecule has 0 aromatic heterocycles. The summed E-state index contributed by atoms with van der Waals surface area (Å²) in [6.07, 6.45) is 2.54. The number of anilines is 1. The Morgan fingerprint density at radius 2 is 1.45 bits per heavy atom. The van der Waals surface area contributed by atoms with E-state index in [-0.39, 0.29) is 11.8 Å². The topological polar surface area (TPSA) is 46.6 Å². The van der Waals surface area contributed by atoms with Crippen LogP contribution in [0.1, 0.15) is 11.1 Å². The summed E-state index contributed by atoms with van der Waals surface area (Å²) in [5, 5.41) is 0. The summed E-state index contributed by atoms with van der Waals surface area (Å²) in [5.74, 6) is 0.0491. The predicted molar refractivity (Wildman–Crippen MR) is 83.6 cm³/mol. The molecule has 0 bridgehead atoms. The lowest BCUT2D eigenvalue weighted by molar-refractivity contribution is -0.119. The molecule has 0 fully saturated rings. The monoisotopic (exact) mass is 293 g/mol. The van der Waals surface area contributed by atoms with Gasteiger partial charge in [-0.3, -0.25) is 9.59 Å². The fourth-order valence-electron chi connectivity index (χ4n) is 2.20. The molecule has 0 spiro atoms. The van der Waals surface area contributed by atoms with Crippen LogP contribution < -0.4 is 9.64 Å². The highest BCUT2D eigenvalue weighted by Gasteiger charge is 2.24. The van der Waals surface area contributed by atoms with Gasteiger partial charge in [0.2, 0.25) is 0 Å². The molecular weight excluding hydrogens is 278 g/mol. The fraction of sp³-hybridized carbons (Fsp3) is 0.111. The number of hydrogen-bond acceptors (Lipinski definition) is 3. The molecule has 1 aliphatic heterocycles. The first-order chi connectivity index (χ1) is 10.6. The molecule has 4 nitrogen and oxygen atoms in total. The van der Waals surface area contributed by atoms with Crippen LogP contribution in [0.15, 0.2) is 60.7 Å². The summed E-state index contributed by atoms with van der Waals surface area (Å²) in [4.78, 5) is 24.3. The van der Waals surface area contributed by atoms with Crippen LogP contribution >= 0.6 is 0 Å². The Labute approximate surface area is 128 Å². The highest BCUT2D eigenvalue weighted by molar-refractivity contribution is 6.28. The normalized spacial score (nSPS) is 13.8. The lowest BCUT2D eigenvalue weighted by Crippen LogP contribution is -2.29. The number of nitrogens with zero attached hydrogens (tertiary/aromatic N) is 1. The van der Waals surface area contributed by atoms with E-state index in [1.807, 2.05) is 31.2 Å². The summed E-state index contributed by atoms with van der Waals surface area (Å²) in [5.41, 5.74) is 2.84. The smallest absolute Gasteiger partial charge is 0.258 e. The zero-order valence-electron chi connectivity index (χ0n) is 12.2. The minimum absolute atomic E-state index is 0.321. The van der Waals surface area contributed by atoms with Crippen LogP contribution in [0.25, 0.3) is 0 Å². The number of aryl methyl sites for hydroxylation is 1. The number of benzene rings is 2. The average molecular weight is 293 g/mol. The van der Waals surface area contributed by atoms with E-state index in [2.05, 4.69) is 0 Å². The lowest BCUT2D eigenvalue weighted by atomic mass is 10.2. The molecule has 3 rings (SSSR count). The van der Waals surface area contributed by atoms with Gasteiger partial charge in [0, 0.05) is 12.2 Å². The van der Waals surface area contributed by atoms with Gasteiger partial charge in [-0.05, 0) is 36.8 Å². The van der Waals surface area contributed by atoms with Crippen molar-refractivity contribution in [3.05, 3.63) is 71.8 Å². The van der Waals surface area contributed by atoms with E-state index in [1.54, 1.807) is 24.3 Å². The summed E-state index contributed by atoms with van der Waals surface area (Å²) in [6.45, 7) is 2.52. The molecule has 2 amide bonds. The Kier molecular flexibility index (Phi) is 3.74. The second-order valence-corrected chi connectivity index (χ2v) is 5.11. The van der Waals surface area contributed by atoms with E-state index in [0.29, 0.717) is 18.0 Å². The van der Waals surface area contributed by atoms with Crippen LogP contribution in [0.5, 0.6) is 5.75 Å². The van der Waals surface area contributed by atoms with E-state index >= 15 is 0 Å². The maximum absolute atomic E-state index is 11.6. The number of carbonyl (C=O) groups is 2. The van der Waals surface area contributed by atoms with Crippen LogP contribution in [0, 0.1) is 6.92 Å². The molecule has 0 atom stereocenters. The van der Waals surface area contributed by atoms with Gasteiger partial charge in [-0.25, -0.2) is 4.90 Å². The second kappa shape index (κ2) is 5.85. The maximum atomic E-state index is 11.6. The number of imide groups is 1. The van der Waals surface area contributed by atoms with Crippen molar-refractivity contribution >= 4 is 17.5 Å². The fourth-order valence-corrected chi connectivity index (χ4v) is 2.20. The number of carbonyl (C=O) groups excluding carboxylic acids is 2. The van der Waals surface area contributed by atoms with Gasteiger partial charge >= 0.3 is 0 Å². The highest BCUT2D eigenvalue weighted by Crippen LogP contribution is 2.23. The van der Waals surface area contributed by atoms with Crippen LogP contribution in [-0.4, -0.2) is 11.8 Å². The number of amides is 2. The molecule has 1 aliphatic rings. The van der Waals surface area contributed by atoms with Crippen molar-refractivity contribution in [2.45, 2.75) is 13.5 Å². The molecule has 0 aliphatic carbocycles. The quantitative estimate of drug-likeness (QED) is 0.814. The molecule has 1 heterocycles. The minimum atomic E-state index is -0.321. The molecule has 0 unspecified atom stereocenters. The minimum Gasteiger partial charge on any atom is -0.489 e. The molecule has 0 N–H and O–H groups in total. The third-order valence-corrected chi connectivity index (χ3v) is 3.43. The molecule has 2 aromatic rings. The van der Waals surface area contributed by atoms with Crippen molar-refractivity contribution in [1.82, 2.24) is 0 Å². The summed E-state index contributed by atoms with van der Waals surface area (Å²) in [7, 11) is 0. The van der Waals surface area contributed by atoms with Crippen LogP contribution in [0.3, 0.4) is 0 Å². The van der Waals surface area contributed by atoms with E-state index in [9.17, 15) is 9.59 Å². The van der Waals surface area contributed by atoms with Crippen molar-refractivity contribution in [2.24, 2.45) is 0 Å². The van der Waals surface area contributed by atoms with Crippen molar-refractivity contribution in [2.75, 3.05) is 4.90 Å². The third-order valence-electron chi connectivity index (χ3n) is 3.43. The number of ether oxygens (including phenoxy) is 1. The zero-order valence-corrected chi connectivity index (χ0v) is 12.2. The second-order valence-electron chi connectivity index (χ2n) is 5.11. The Morgan fingerprint density at radius 1 is 0.864 bits per heavy atom. The van der Waals surface area contributed by atoms with Crippen LogP contribution in [0.4, 0.5) is 5.69 Å². The third kappa shape index (κ3) is 2.91. The maximum Gasteiger partial charge on any atom is 0.258 e. The predicted octanol–water partition coefficient (Wildman–Crippen LogP) is 3.00. The van der Waals surface area contributed by atoms with Gasteiger partial charge in [0.1, 0.15) is 12.4 Å². The van der Waals surface area contributed by atoms with Gasteiger partial charge < -0.3 is 4.74 Å². The molecule has 0 radical (unpaired) electrons. The van der Waals surface area contributed by atoms with Gasteiger partial charge in [0.05, 0.1) is 5.69 Å². The first kappa shape index (κ1) is 14.1. The Bertz CT molecular complexity index is 712. The molecule has 110 valence electrons. The first-order valence-corrected chi connectivity index (χ1v) is 6.98. The van der Waals surface area contributed by atoms with Crippen LogP contribution in [-0.2, 0) is 16.2 Å². The van der Waals surface area contributed by atoms with Gasteiger partial charge in [-0.1, -0.05) is 29.8 Å². The van der Waals surface area contributed by atoms with Crippen molar-refractivity contribution in [1.29, 1.82) is 0 Å². The molecular formula is C18H15NO3. The highest BCUT2D eigenvalue weighted by atomic mass is 16.5. The molecule has 2 aromatic carbocycles. The van der Waals surface area contributed by atoms with Gasteiger partial charge in [0.25, 0.3) is 11.8 Å². The molecule has 0 saturated carbocycles. The standard InChI is InChI=1S/C18H15NO3/c1-13-2-4-14(5-3-13)12-22-16-8-6-15(7-9-16)19-17(20)10-11-18(19)21/h2-11H,12H2,1H3. The van der Waals surface area contributed by atoms with E-state index in [4.69, 9.17) is 4.74 Å². The van der Waals surface area contributed by atoms with Gasteiger partial charge in [-0.15, -0.1) is 0 Å². The first-order valence-electron chi connectivity index (χ1n) is 6.98. The molecule has 0 saturated heterocycles. The molecule has 4 heteroatoms. The van der Waals surface area contributed by atoms with Crippen molar-refractivity contribution < 1.29 is 14.3 Å². The van der Waals surface area contributed by atoms with Crippen LogP contribution in [0.2, 0.25) is 0 Å². The van der Waals surface area contributed by atoms with Gasteiger partial charge in [0.15, 0.2) is 0 Å². The summed E-state index contributed by atoms with van der Waals surface area (Å²) >= 11 is 0. The lowest BCUT2D eigenvalue weighted by Gasteiger charge is -2.14. The Balaban J connectivity index is 1.66. The van der Waals surface area contributed by atoms with Gasteiger partial charge in [-0.2, -0.15) is 0 Å². The zero-order chi connectivity index (χ0) is 15.5. The average Bonchev–Trinajstić information content (AvgIpc) is 2.86. The van der Waals surface area contributed by atoms with E-state index in [1.165, 1.54) is 17.7 Å². The summed E-state index contributed by atoms with van der Waals surface area (Å²) < 4.78 is 5.70. The summed E-state index contributed by atoms with van der Waals surface area (Å²) in [6, 6.07) is 15.0. The Morgan fingerprint density at radius 3 is 2.05 bits per heavy atom. The number of hydrogen-bond donors (Lipinski definition) is 0. The number of rotatable bonds is 4. The Hall–Kier alpha value is -2.88. The SMILES string of the molecule is Cc1ccc(COc2ccc(N3C(=O)C=CC3=O)cc2)cc1. The molecule has 22 heavy (non-hydrogen) atoms.